The number of fused-ring (bicyclic) bond motifs is 6. The van der Waals surface area contributed by atoms with E-state index in [0.29, 0.717) is 54.8 Å². The Morgan fingerprint density at radius 3 is 2.32 bits per heavy atom. The summed E-state index contributed by atoms with van der Waals surface area (Å²) in [7, 11) is 4.47. The normalized spacial score (nSPS) is 21.3. The van der Waals surface area contributed by atoms with Crippen molar-refractivity contribution in [2.75, 3.05) is 37.8 Å². The van der Waals surface area contributed by atoms with Crippen molar-refractivity contribution < 1.29 is 51.4 Å². The van der Waals surface area contributed by atoms with Gasteiger partial charge < -0.3 is 39.4 Å². The lowest BCUT2D eigenvalue weighted by atomic mass is 9.96. The van der Waals surface area contributed by atoms with Gasteiger partial charge >= 0.3 is 18.2 Å². The van der Waals surface area contributed by atoms with Crippen LogP contribution in [0.1, 0.15) is 48.5 Å². The third-order valence-electron chi connectivity index (χ3n) is 12.4. The summed E-state index contributed by atoms with van der Waals surface area (Å²) in [5.74, 6) is -3.06. The number of halogens is 3. The van der Waals surface area contributed by atoms with Gasteiger partial charge in [0.15, 0.2) is 5.75 Å². The maximum Gasteiger partial charge on any atom is 0.491 e. The molecule has 0 radical (unpaired) electrons. The van der Waals surface area contributed by atoms with E-state index in [0.717, 1.165) is 51.7 Å². The molecule has 1 unspecified atom stereocenters. The van der Waals surface area contributed by atoms with Gasteiger partial charge in [0.1, 0.15) is 30.4 Å². The van der Waals surface area contributed by atoms with E-state index in [1.165, 1.54) is 12.1 Å². The number of hydrogen-bond acceptors (Lipinski definition) is 9. The number of amides is 2. The quantitative estimate of drug-likeness (QED) is 0.0250. The first-order valence-corrected chi connectivity index (χ1v) is 21.0. The number of epoxide rings is 1. The number of likely N-dealkylation sites (N-methyl/N-ethyl adjacent to an activating group) is 1. The molecular weight excluding hydrogens is 820 g/mol. The molecule has 2 amide bonds. The zero-order valence-corrected chi connectivity index (χ0v) is 34.7. The topological polar surface area (TPSA) is 171 Å². The molecule has 63 heavy (non-hydrogen) atoms. The number of nitrogens with one attached hydrogen (secondary N) is 4. The van der Waals surface area contributed by atoms with Crippen LogP contribution in [0.2, 0.25) is 0 Å². The fourth-order valence-corrected chi connectivity index (χ4v) is 9.10. The fourth-order valence-electron chi connectivity index (χ4n) is 9.10. The SMILES string of the molecule is C[N+]1(C)[C@@H]2CC(OC(=O)Nc3cc(CCC(=O)Nc4ccc(CCCNC[C@H](O)c5ccc(OC(=O)C(F)(F)F)c6[nH]c(=O)ccc56)cc4)ccc3-c3ccccc3)C[C@H]1[C@@H]1O[C@@H]12. The van der Waals surface area contributed by atoms with Crippen molar-refractivity contribution in [3.8, 4) is 16.9 Å². The summed E-state index contributed by atoms with van der Waals surface area (Å²) < 4.78 is 55.7. The number of aliphatic hydroxyl groups excluding tert-OH is 1. The number of nitrogens with zero attached hydrogens (tertiary/aromatic N) is 1. The minimum atomic E-state index is -5.23. The number of quaternary nitrogens is 1. The van der Waals surface area contributed by atoms with Gasteiger partial charge in [-0.3, -0.25) is 14.9 Å². The number of carbonyl (C=O) groups excluding carboxylic acids is 3. The highest BCUT2D eigenvalue weighted by Gasteiger charge is 2.70. The highest BCUT2D eigenvalue weighted by atomic mass is 19.4. The van der Waals surface area contributed by atoms with Crippen LogP contribution in [0, 0.1) is 0 Å². The summed E-state index contributed by atoms with van der Waals surface area (Å²) in [6.07, 6.45) is -2.84. The predicted octanol–water partition coefficient (Wildman–Crippen LogP) is 6.80. The Hall–Kier alpha value is -6.07. The van der Waals surface area contributed by atoms with Gasteiger partial charge in [-0.1, -0.05) is 60.7 Å². The number of esters is 1. The molecule has 3 aliphatic heterocycles. The summed E-state index contributed by atoms with van der Waals surface area (Å²) in [5, 5.41) is 20.3. The number of hydrogen-bond donors (Lipinski definition) is 5. The molecule has 3 aliphatic rings. The van der Waals surface area contributed by atoms with E-state index in [-0.39, 0.29) is 48.1 Å². The fraction of sp³-hybridized carbons (Fsp3) is 0.362. The zero-order chi connectivity index (χ0) is 44.5. The molecule has 3 saturated heterocycles. The number of morpholine rings is 1. The largest absolute Gasteiger partial charge is 0.491 e. The van der Waals surface area contributed by atoms with E-state index < -0.39 is 35.7 Å². The lowest BCUT2D eigenvalue weighted by molar-refractivity contribution is -0.938. The minimum absolute atomic E-state index is 0.110. The van der Waals surface area contributed by atoms with E-state index in [1.807, 2.05) is 72.8 Å². The van der Waals surface area contributed by atoms with Crippen molar-refractivity contribution in [3.63, 3.8) is 0 Å². The number of aryl methyl sites for hydroxylation is 2. The number of carbonyl (C=O) groups is 3. The lowest BCUT2D eigenvalue weighted by Gasteiger charge is -2.45. The summed E-state index contributed by atoms with van der Waals surface area (Å²) in [6.45, 7) is 0.644. The number of aromatic nitrogens is 1. The average molecular weight is 869 g/mol. The third-order valence-corrected chi connectivity index (χ3v) is 12.4. The molecule has 0 aliphatic carbocycles. The van der Waals surface area contributed by atoms with E-state index in [1.54, 1.807) is 0 Å². The van der Waals surface area contributed by atoms with E-state index >= 15 is 0 Å². The molecule has 1 aromatic heterocycles. The Bertz CT molecular complexity index is 2530. The highest BCUT2D eigenvalue weighted by Crippen LogP contribution is 2.51. The predicted molar refractivity (Wildman–Crippen MR) is 229 cm³/mol. The number of aliphatic hydroxyl groups is 1. The van der Waals surface area contributed by atoms with Crippen molar-refractivity contribution in [1.82, 2.24) is 10.3 Å². The summed E-state index contributed by atoms with van der Waals surface area (Å²) in [6, 6.07) is 28.8. The van der Waals surface area contributed by atoms with Crippen molar-refractivity contribution in [2.45, 2.75) is 81.2 Å². The molecule has 16 heteroatoms. The maximum atomic E-state index is 13.3. The Balaban J connectivity index is 0.795. The highest BCUT2D eigenvalue weighted by molar-refractivity contribution is 5.93. The second kappa shape index (κ2) is 18.0. The first kappa shape index (κ1) is 43.6. The number of benzene rings is 4. The molecule has 3 fully saturated rings. The standard InChI is InChI=1S/C47H48F3N5O8/c1-55(2)36-24-31(25-37(55)44-43(36)63-44)61-46(60)53-35-23-28(12-16-32(35)29-8-4-3-5-9-29)13-20-40(57)52-30-14-10-27(11-15-30)7-6-22-51-26-38(56)33-17-19-39(62-45(59)47(48,49)50)42-34(33)18-21-41(58)54-42/h3-5,8-12,14-19,21,23,31,36-38,43-44,51,56H,6-7,13,20,22,24-26H2,1-2H3,(H2-,52,53,54,57,58,60)/p+1/t31?,36-,37+,38-,43-,44+/m0/s1. The van der Waals surface area contributed by atoms with Gasteiger partial charge in [-0.15, -0.1) is 0 Å². The summed E-state index contributed by atoms with van der Waals surface area (Å²) in [4.78, 5) is 52.1. The number of ether oxygens (including phenoxy) is 3. The van der Waals surface area contributed by atoms with Crippen LogP contribution in [0.5, 0.6) is 5.75 Å². The van der Waals surface area contributed by atoms with Crippen LogP contribution in [-0.2, 0) is 31.9 Å². The molecule has 0 spiro atoms. The lowest BCUT2D eigenvalue weighted by Crippen LogP contribution is -2.60. The molecule has 0 saturated carbocycles. The number of alkyl halides is 3. The molecule has 330 valence electrons. The first-order chi connectivity index (χ1) is 30.1. The Labute approximate surface area is 361 Å². The molecule has 6 atom stereocenters. The van der Waals surface area contributed by atoms with Gasteiger partial charge in [-0.25, -0.2) is 9.59 Å². The van der Waals surface area contributed by atoms with Crippen LogP contribution in [-0.4, -0.2) is 96.3 Å². The van der Waals surface area contributed by atoms with Crippen molar-refractivity contribution in [3.05, 3.63) is 124 Å². The monoisotopic (exact) mass is 868 g/mol. The van der Waals surface area contributed by atoms with Gasteiger partial charge in [0.05, 0.1) is 31.4 Å². The van der Waals surface area contributed by atoms with Crippen LogP contribution in [0.3, 0.4) is 0 Å². The van der Waals surface area contributed by atoms with E-state index in [9.17, 15) is 37.5 Å². The second-order valence-corrected chi connectivity index (χ2v) is 16.9. The van der Waals surface area contributed by atoms with E-state index in [4.69, 9.17) is 9.47 Å². The number of piperidine rings is 1. The average Bonchev–Trinajstić information content (AvgIpc) is 4.02. The first-order valence-electron chi connectivity index (χ1n) is 21.0. The van der Waals surface area contributed by atoms with Gasteiger partial charge in [-0.05, 0) is 78.4 Å². The minimum Gasteiger partial charge on any atom is -0.445 e. The number of H-pyrrole nitrogens is 1. The van der Waals surface area contributed by atoms with Crippen LogP contribution in [0.15, 0.2) is 102 Å². The van der Waals surface area contributed by atoms with Crippen LogP contribution >= 0.6 is 0 Å². The second-order valence-electron chi connectivity index (χ2n) is 16.9. The molecule has 13 nitrogen and oxygen atoms in total. The van der Waals surface area contributed by atoms with Gasteiger partial charge in [-0.2, -0.15) is 13.2 Å². The number of anilines is 2. The van der Waals surface area contributed by atoms with Crippen LogP contribution in [0.25, 0.3) is 22.0 Å². The summed E-state index contributed by atoms with van der Waals surface area (Å²) in [5.41, 5.74) is 4.57. The van der Waals surface area contributed by atoms with E-state index in [2.05, 4.69) is 39.8 Å². The molecule has 8 rings (SSSR count). The molecule has 5 N–H and O–H groups in total. The van der Waals surface area contributed by atoms with Gasteiger partial charge in [0.2, 0.25) is 11.5 Å². The number of pyridine rings is 1. The van der Waals surface area contributed by atoms with Gasteiger partial charge in [0, 0.05) is 48.5 Å². The molecule has 4 heterocycles. The molecule has 5 aromatic rings. The van der Waals surface area contributed by atoms with Crippen LogP contribution < -0.4 is 26.2 Å². The third kappa shape index (κ3) is 9.94. The molecule has 2 bridgehead atoms. The number of aromatic amines is 1. The Morgan fingerprint density at radius 2 is 1.60 bits per heavy atom. The van der Waals surface area contributed by atoms with Crippen molar-refractivity contribution >= 4 is 40.2 Å². The molecular formula is C47H49F3N5O8+. The molecule has 4 aromatic carbocycles. The maximum absolute atomic E-state index is 13.3. The van der Waals surface area contributed by atoms with Crippen LogP contribution in [0.4, 0.5) is 29.3 Å². The van der Waals surface area contributed by atoms with Crippen molar-refractivity contribution in [2.24, 2.45) is 0 Å². The number of rotatable bonds is 15. The Morgan fingerprint density at radius 1 is 0.889 bits per heavy atom. The Kier molecular flexibility index (Phi) is 12.4. The van der Waals surface area contributed by atoms with Gasteiger partial charge in [0.25, 0.3) is 0 Å². The summed E-state index contributed by atoms with van der Waals surface area (Å²) >= 11 is 0. The van der Waals surface area contributed by atoms with Crippen molar-refractivity contribution in [1.29, 1.82) is 0 Å². The zero-order valence-electron chi connectivity index (χ0n) is 34.7. The smallest absolute Gasteiger partial charge is 0.445 e.